The standard InChI is InChI=1S/C17H28N2O2/c1-12(2)10-18-11-15-9-16(5-6-19-15)21-17-7-13(3)20-14(4)8-17/h5-6,9,12-14,17-18H,7-8,10-11H2,1-4H3. The number of hydrogen-bond acceptors (Lipinski definition) is 4. The summed E-state index contributed by atoms with van der Waals surface area (Å²) >= 11 is 0. The van der Waals surface area contributed by atoms with Gasteiger partial charge in [0, 0.05) is 31.6 Å². The van der Waals surface area contributed by atoms with Crippen LogP contribution in [0.3, 0.4) is 0 Å². The molecule has 1 aliphatic rings. The summed E-state index contributed by atoms with van der Waals surface area (Å²) in [5, 5.41) is 3.41. The number of nitrogens with one attached hydrogen (secondary N) is 1. The van der Waals surface area contributed by atoms with E-state index in [0.29, 0.717) is 5.92 Å². The zero-order chi connectivity index (χ0) is 15.2. The molecule has 2 unspecified atom stereocenters. The molecule has 1 aromatic heterocycles. The first kappa shape index (κ1) is 16.2. The Bertz CT molecular complexity index is 427. The van der Waals surface area contributed by atoms with Crippen molar-refractivity contribution in [2.75, 3.05) is 6.54 Å². The van der Waals surface area contributed by atoms with E-state index in [-0.39, 0.29) is 18.3 Å². The van der Waals surface area contributed by atoms with E-state index < -0.39 is 0 Å². The molecule has 1 aliphatic heterocycles. The Hall–Kier alpha value is -1.13. The van der Waals surface area contributed by atoms with Gasteiger partial charge in [0.05, 0.1) is 17.9 Å². The van der Waals surface area contributed by atoms with Crippen LogP contribution >= 0.6 is 0 Å². The quantitative estimate of drug-likeness (QED) is 0.874. The maximum absolute atomic E-state index is 6.12. The van der Waals surface area contributed by atoms with E-state index in [2.05, 4.69) is 38.0 Å². The van der Waals surface area contributed by atoms with E-state index in [4.69, 9.17) is 9.47 Å². The first-order valence-electron chi connectivity index (χ1n) is 8.00. The molecular weight excluding hydrogens is 264 g/mol. The molecule has 0 aromatic carbocycles. The van der Waals surface area contributed by atoms with E-state index in [1.807, 2.05) is 18.3 Å². The van der Waals surface area contributed by atoms with Crippen molar-refractivity contribution in [2.45, 2.75) is 65.4 Å². The lowest BCUT2D eigenvalue weighted by molar-refractivity contribution is -0.0721. The van der Waals surface area contributed by atoms with Crippen LogP contribution in [0.5, 0.6) is 5.75 Å². The van der Waals surface area contributed by atoms with E-state index in [1.165, 1.54) is 0 Å². The second kappa shape index (κ2) is 7.76. The summed E-state index contributed by atoms with van der Waals surface area (Å²) in [5.41, 5.74) is 1.03. The van der Waals surface area contributed by atoms with E-state index in [1.54, 1.807) is 0 Å². The van der Waals surface area contributed by atoms with Gasteiger partial charge in [-0.1, -0.05) is 13.8 Å². The minimum atomic E-state index is 0.239. The van der Waals surface area contributed by atoms with Crippen LogP contribution in [0.1, 0.15) is 46.2 Å². The predicted molar refractivity (Wildman–Crippen MR) is 84.4 cm³/mol. The maximum Gasteiger partial charge on any atom is 0.123 e. The molecule has 2 rings (SSSR count). The fourth-order valence-corrected chi connectivity index (χ4v) is 2.75. The molecule has 0 bridgehead atoms. The van der Waals surface area contributed by atoms with E-state index in [0.717, 1.165) is 37.4 Å². The first-order valence-corrected chi connectivity index (χ1v) is 8.00. The molecule has 0 amide bonds. The number of rotatable bonds is 6. The lowest BCUT2D eigenvalue weighted by atomic mass is 10.0. The van der Waals surface area contributed by atoms with Gasteiger partial charge in [0.15, 0.2) is 0 Å². The van der Waals surface area contributed by atoms with Gasteiger partial charge in [-0.2, -0.15) is 0 Å². The predicted octanol–water partition coefficient (Wildman–Crippen LogP) is 3.16. The van der Waals surface area contributed by atoms with Crippen LogP contribution in [0.4, 0.5) is 0 Å². The molecule has 1 fully saturated rings. The third-order valence-corrected chi connectivity index (χ3v) is 3.60. The molecule has 0 saturated carbocycles. The van der Waals surface area contributed by atoms with Gasteiger partial charge in [-0.25, -0.2) is 0 Å². The first-order chi connectivity index (χ1) is 10.0. The highest BCUT2D eigenvalue weighted by Crippen LogP contribution is 2.24. The third-order valence-electron chi connectivity index (χ3n) is 3.60. The lowest BCUT2D eigenvalue weighted by Gasteiger charge is -2.32. The SMILES string of the molecule is CC(C)CNCc1cc(OC2CC(C)OC(C)C2)ccn1. The van der Waals surface area contributed by atoms with Gasteiger partial charge >= 0.3 is 0 Å². The van der Waals surface area contributed by atoms with Crippen molar-refractivity contribution in [3.8, 4) is 5.75 Å². The second-order valence-electron chi connectivity index (χ2n) is 6.48. The monoisotopic (exact) mass is 292 g/mol. The summed E-state index contributed by atoms with van der Waals surface area (Å²) in [6, 6.07) is 3.98. The molecule has 2 atom stereocenters. The summed E-state index contributed by atoms with van der Waals surface area (Å²) < 4.78 is 11.9. The molecular formula is C17H28N2O2. The Morgan fingerprint density at radius 3 is 2.71 bits per heavy atom. The highest BCUT2D eigenvalue weighted by molar-refractivity contribution is 5.23. The summed E-state index contributed by atoms with van der Waals surface area (Å²) in [6.07, 6.45) is 4.51. The summed E-state index contributed by atoms with van der Waals surface area (Å²) in [4.78, 5) is 4.39. The summed E-state index contributed by atoms with van der Waals surface area (Å²) in [5.74, 6) is 1.56. The second-order valence-corrected chi connectivity index (χ2v) is 6.48. The van der Waals surface area contributed by atoms with Gasteiger partial charge in [0.2, 0.25) is 0 Å². The summed E-state index contributed by atoms with van der Waals surface area (Å²) in [6.45, 7) is 10.4. The zero-order valence-corrected chi connectivity index (χ0v) is 13.6. The summed E-state index contributed by atoms with van der Waals surface area (Å²) in [7, 11) is 0. The third kappa shape index (κ3) is 5.64. The topological polar surface area (TPSA) is 43.4 Å². The zero-order valence-electron chi connectivity index (χ0n) is 13.6. The molecule has 4 heteroatoms. The number of ether oxygens (including phenoxy) is 2. The van der Waals surface area contributed by atoms with Crippen LogP contribution in [-0.2, 0) is 11.3 Å². The number of nitrogens with zero attached hydrogens (tertiary/aromatic N) is 1. The Balaban J connectivity index is 1.88. The van der Waals surface area contributed by atoms with Crippen molar-refractivity contribution in [1.29, 1.82) is 0 Å². The van der Waals surface area contributed by atoms with Gasteiger partial charge in [-0.05, 0) is 32.4 Å². The van der Waals surface area contributed by atoms with Crippen molar-refractivity contribution in [3.63, 3.8) is 0 Å². The molecule has 4 nitrogen and oxygen atoms in total. The van der Waals surface area contributed by atoms with Crippen molar-refractivity contribution in [3.05, 3.63) is 24.0 Å². The average molecular weight is 292 g/mol. The molecule has 21 heavy (non-hydrogen) atoms. The van der Waals surface area contributed by atoms with Crippen LogP contribution in [0, 0.1) is 5.92 Å². The minimum Gasteiger partial charge on any atom is -0.490 e. The number of aromatic nitrogens is 1. The Kier molecular flexibility index (Phi) is 6.00. The van der Waals surface area contributed by atoms with E-state index in [9.17, 15) is 0 Å². The molecule has 1 aromatic rings. The Morgan fingerprint density at radius 2 is 2.05 bits per heavy atom. The maximum atomic E-state index is 6.12. The van der Waals surface area contributed by atoms with Crippen LogP contribution in [0.2, 0.25) is 0 Å². The minimum absolute atomic E-state index is 0.239. The number of hydrogen-bond donors (Lipinski definition) is 1. The highest BCUT2D eigenvalue weighted by Gasteiger charge is 2.25. The van der Waals surface area contributed by atoms with Crippen molar-refractivity contribution >= 4 is 0 Å². The van der Waals surface area contributed by atoms with Gasteiger partial charge in [-0.3, -0.25) is 4.98 Å². The molecule has 1 saturated heterocycles. The van der Waals surface area contributed by atoms with Crippen molar-refractivity contribution in [2.24, 2.45) is 5.92 Å². The Labute approximate surface area is 128 Å². The lowest BCUT2D eigenvalue weighted by Crippen LogP contribution is -2.35. The van der Waals surface area contributed by atoms with Crippen molar-refractivity contribution in [1.82, 2.24) is 10.3 Å². The largest absolute Gasteiger partial charge is 0.490 e. The van der Waals surface area contributed by atoms with Gasteiger partial charge < -0.3 is 14.8 Å². The van der Waals surface area contributed by atoms with E-state index >= 15 is 0 Å². The van der Waals surface area contributed by atoms with Crippen LogP contribution in [-0.4, -0.2) is 29.8 Å². The van der Waals surface area contributed by atoms with Gasteiger partial charge in [0.25, 0.3) is 0 Å². The fourth-order valence-electron chi connectivity index (χ4n) is 2.75. The number of pyridine rings is 1. The Morgan fingerprint density at radius 1 is 1.33 bits per heavy atom. The molecule has 0 spiro atoms. The van der Waals surface area contributed by atoms with Crippen LogP contribution in [0.15, 0.2) is 18.3 Å². The normalized spacial score (nSPS) is 26.0. The molecule has 1 N–H and O–H groups in total. The average Bonchev–Trinajstić information content (AvgIpc) is 2.37. The highest BCUT2D eigenvalue weighted by atomic mass is 16.5. The van der Waals surface area contributed by atoms with Gasteiger partial charge in [0.1, 0.15) is 11.9 Å². The molecule has 0 radical (unpaired) electrons. The van der Waals surface area contributed by atoms with Crippen LogP contribution in [0.25, 0.3) is 0 Å². The fraction of sp³-hybridized carbons (Fsp3) is 0.706. The van der Waals surface area contributed by atoms with Crippen molar-refractivity contribution < 1.29 is 9.47 Å². The molecule has 2 heterocycles. The van der Waals surface area contributed by atoms with Gasteiger partial charge in [-0.15, -0.1) is 0 Å². The molecule has 0 aliphatic carbocycles. The smallest absolute Gasteiger partial charge is 0.123 e. The molecule has 118 valence electrons. The van der Waals surface area contributed by atoms with Crippen LogP contribution < -0.4 is 10.1 Å².